The molecule has 3 atom stereocenters. The first-order valence-electron chi connectivity index (χ1n) is 7.70. The fourth-order valence-electron chi connectivity index (χ4n) is 2.83. The molecule has 0 amide bonds. The van der Waals surface area contributed by atoms with E-state index in [-0.39, 0.29) is 12.2 Å². The number of β-amino-alcohol motifs (C(OH)–C–C–N with tert-alkyl or cyclic N) is 1. The monoisotopic (exact) mass is 293 g/mol. The third kappa shape index (κ3) is 4.99. The minimum absolute atomic E-state index is 0.223. The van der Waals surface area contributed by atoms with E-state index < -0.39 is 6.10 Å². The summed E-state index contributed by atoms with van der Waals surface area (Å²) in [6.07, 6.45) is -0.0378. The Morgan fingerprint density at radius 3 is 2.62 bits per heavy atom. The average molecular weight is 293 g/mol. The quantitative estimate of drug-likeness (QED) is 0.903. The van der Waals surface area contributed by atoms with Crippen LogP contribution in [0.1, 0.15) is 25.0 Å². The Morgan fingerprint density at radius 2 is 1.95 bits per heavy atom. The van der Waals surface area contributed by atoms with E-state index in [0.29, 0.717) is 13.2 Å². The number of aryl methyl sites for hydroxylation is 2. The van der Waals surface area contributed by atoms with E-state index in [1.165, 1.54) is 5.56 Å². The summed E-state index contributed by atoms with van der Waals surface area (Å²) in [5.41, 5.74) is 2.27. The Balaban J connectivity index is 1.81. The van der Waals surface area contributed by atoms with Crippen LogP contribution in [-0.4, -0.2) is 54.6 Å². The van der Waals surface area contributed by atoms with Gasteiger partial charge in [-0.15, -0.1) is 0 Å². The van der Waals surface area contributed by atoms with Gasteiger partial charge in [0.05, 0.1) is 12.2 Å². The van der Waals surface area contributed by atoms with Crippen LogP contribution in [0.4, 0.5) is 0 Å². The summed E-state index contributed by atoms with van der Waals surface area (Å²) >= 11 is 0. The van der Waals surface area contributed by atoms with E-state index in [0.717, 1.165) is 24.4 Å². The second-order valence-electron chi connectivity index (χ2n) is 6.21. The number of ether oxygens (including phenoxy) is 2. The highest BCUT2D eigenvalue weighted by molar-refractivity contribution is 5.35. The number of hydrogen-bond donors (Lipinski definition) is 1. The molecule has 21 heavy (non-hydrogen) atoms. The van der Waals surface area contributed by atoms with Crippen molar-refractivity contribution in [2.24, 2.45) is 0 Å². The molecule has 0 bridgehead atoms. The second-order valence-corrected chi connectivity index (χ2v) is 6.21. The van der Waals surface area contributed by atoms with E-state index in [1.807, 2.05) is 26.0 Å². The van der Waals surface area contributed by atoms with Crippen molar-refractivity contribution >= 4 is 0 Å². The van der Waals surface area contributed by atoms with Gasteiger partial charge in [0.25, 0.3) is 0 Å². The Kier molecular flexibility index (Phi) is 5.62. The molecular formula is C17H27NO3. The van der Waals surface area contributed by atoms with Gasteiger partial charge < -0.3 is 14.6 Å². The zero-order chi connectivity index (χ0) is 15.4. The van der Waals surface area contributed by atoms with Crippen LogP contribution in [0.25, 0.3) is 0 Å². The lowest BCUT2D eigenvalue weighted by molar-refractivity contribution is -0.0786. The third-order valence-electron chi connectivity index (χ3n) is 3.74. The Labute approximate surface area is 127 Å². The molecule has 0 aromatic heterocycles. The van der Waals surface area contributed by atoms with Crippen molar-refractivity contribution in [2.75, 3.05) is 26.2 Å². The number of morpholine rings is 1. The van der Waals surface area contributed by atoms with Gasteiger partial charge in [0.15, 0.2) is 0 Å². The van der Waals surface area contributed by atoms with Gasteiger partial charge in [0.1, 0.15) is 18.5 Å². The molecule has 1 heterocycles. The van der Waals surface area contributed by atoms with Crippen molar-refractivity contribution < 1.29 is 14.6 Å². The first kappa shape index (κ1) is 16.3. The highest BCUT2D eigenvalue weighted by Gasteiger charge is 2.23. The molecule has 1 aliphatic rings. The molecule has 0 saturated carbocycles. The Bertz CT molecular complexity index is 453. The van der Waals surface area contributed by atoms with Gasteiger partial charge in [-0.05, 0) is 44.9 Å². The van der Waals surface area contributed by atoms with Crippen LogP contribution in [0.3, 0.4) is 0 Å². The van der Waals surface area contributed by atoms with Crippen LogP contribution >= 0.6 is 0 Å². The summed E-state index contributed by atoms with van der Waals surface area (Å²) < 4.78 is 11.5. The summed E-state index contributed by atoms with van der Waals surface area (Å²) in [5, 5.41) is 10.2. The fourth-order valence-corrected chi connectivity index (χ4v) is 2.83. The molecule has 3 unspecified atom stereocenters. The van der Waals surface area contributed by atoms with Crippen molar-refractivity contribution in [3.8, 4) is 5.75 Å². The maximum absolute atomic E-state index is 10.2. The van der Waals surface area contributed by atoms with Gasteiger partial charge in [0, 0.05) is 19.6 Å². The molecule has 1 aromatic rings. The van der Waals surface area contributed by atoms with Gasteiger partial charge in [0.2, 0.25) is 0 Å². The number of aliphatic hydroxyl groups is 1. The zero-order valence-electron chi connectivity index (χ0n) is 13.5. The molecule has 2 rings (SSSR count). The summed E-state index contributed by atoms with van der Waals surface area (Å²) in [7, 11) is 0. The van der Waals surface area contributed by atoms with Crippen molar-refractivity contribution in [1.29, 1.82) is 0 Å². The molecule has 1 N–H and O–H groups in total. The lowest BCUT2D eigenvalue weighted by atomic mass is 10.1. The lowest BCUT2D eigenvalue weighted by Gasteiger charge is -2.36. The van der Waals surface area contributed by atoms with Crippen LogP contribution in [-0.2, 0) is 4.74 Å². The normalized spacial score (nSPS) is 24.8. The summed E-state index contributed by atoms with van der Waals surface area (Å²) in [5.74, 6) is 0.859. The highest BCUT2D eigenvalue weighted by Crippen LogP contribution is 2.19. The predicted octanol–water partition coefficient (Wildman–Crippen LogP) is 2.15. The van der Waals surface area contributed by atoms with Crippen LogP contribution < -0.4 is 4.74 Å². The van der Waals surface area contributed by atoms with Crippen LogP contribution in [0.5, 0.6) is 5.75 Å². The van der Waals surface area contributed by atoms with Gasteiger partial charge in [-0.3, -0.25) is 4.90 Å². The zero-order valence-corrected chi connectivity index (χ0v) is 13.5. The summed E-state index contributed by atoms with van der Waals surface area (Å²) in [6.45, 7) is 10.9. The third-order valence-corrected chi connectivity index (χ3v) is 3.74. The molecular weight excluding hydrogens is 266 g/mol. The van der Waals surface area contributed by atoms with Gasteiger partial charge >= 0.3 is 0 Å². The smallest absolute Gasteiger partial charge is 0.122 e. The van der Waals surface area contributed by atoms with E-state index in [9.17, 15) is 5.11 Å². The maximum atomic E-state index is 10.2. The standard InChI is InChI=1S/C17H27NO3/c1-12-5-6-13(2)17(7-12)20-11-16(19)10-18-8-14(3)21-15(4)9-18/h5-7,14-16,19H,8-11H2,1-4H3. The van der Waals surface area contributed by atoms with Crippen LogP contribution in [0.2, 0.25) is 0 Å². The van der Waals surface area contributed by atoms with E-state index >= 15 is 0 Å². The minimum atomic E-state index is -0.484. The Morgan fingerprint density at radius 1 is 1.29 bits per heavy atom. The summed E-state index contributed by atoms with van der Waals surface area (Å²) in [4.78, 5) is 2.25. The lowest BCUT2D eigenvalue weighted by Crippen LogP contribution is -2.48. The topological polar surface area (TPSA) is 41.9 Å². The van der Waals surface area contributed by atoms with Crippen molar-refractivity contribution in [3.05, 3.63) is 29.3 Å². The highest BCUT2D eigenvalue weighted by atomic mass is 16.5. The molecule has 1 aliphatic heterocycles. The molecule has 0 radical (unpaired) electrons. The maximum Gasteiger partial charge on any atom is 0.122 e. The average Bonchev–Trinajstić information content (AvgIpc) is 2.38. The molecule has 0 spiro atoms. The molecule has 0 aliphatic carbocycles. The number of aliphatic hydroxyl groups excluding tert-OH is 1. The summed E-state index contributed by atoms with van der Waals surface area (Å²) in [6, 6.07) is 6.12. The van der Waals surface area contributed by atoms with Gasteiger partial charge in [-0.2, -0.15) is 0 Å². The van der Waals surface area contributed by atoms with E-state index in [1.54, 1.807) is 0 Å². The molecule has 118 valence electrons. The predicted molar refractivity (Wildman–Crippen MR) is 83.9 cm³/mol. The first-order valence-corrected chi connectivity index (χ1v) is 7.70. The number of hydrogen-bond acceptors (Lipinski definition) is 4. The minimum Gasteiger partial charge on any atom is -0.491 e. The number of nitrogens with zero attached hydrogens (tertiary/aromatic N) is 1. The fraction of sp³-hybridized carbons (Fsp3) is 0.647. The van der Waals surface area contributed by atoms with Gasteiger partial charge in [-0.25, -0.2) is 0 Å². The van der Waals surface area contributed by atoms with E-state index in [2.05, 4.69) is 24.8 Å². The van der Waals surface area contributed by atoms with Crippen LogP contribution in [0.15, 0.2) is 18.2 Å². The number of rotatable bonds is 5. The molecule has 1 fully saturated rings. The van der Waals surface area contributed by atoms with Crippen molar-refractivity contribution in [1.82, 2.24) is 4.90 Å². The van der Waals surface area contributed by atoms with Crippen molar-refractivity contribution in [2.45, 2.75) is 46.0 Å². The first-order chi connectivity index (χ1) is 9.94. The van der Waals surface area contributed by atoms with Crippen molar-refractivity contribution in [3.63, 3.8) is 0 Å². The molecule has 1 aromatic carbocycles. The SMILES string of the molecule is Cc1ccc(C)c(OCC(O)CN2CC(C)OC(C)C2)c1. The molecule has 1 saturated heterocycles. The second kappa shape index (κ2) is 7.25. The molecule has 4 nitrogen and oxygen atoms in total. The van der Waals surface area contributed by atoms with E-state index in [4.69, 9.17) is 9.47 Å². The van der Waals surface area contributed by atoms with Crippen LogP contribution in [0, 0.1) is 13.8 Å². The Hall–Kier alpha value is -1.10. The largest absolute Gasteiger partial charge is 0.491 e. The molecule has 4 heteroatoms. The van der Waals surface area contributed by atoms with Gasteiger partial charge in [-0.1, -0.05) is 12.1 Å². The number of benzene rings is 1.